The third-order valence-corrected chi connectivity index (χ3v) is 3.52. The molecule has 2 fully saturated rings. The molecule has 1 N–H and O–H groups in total. The van der Waals surface area contributed by atoms with Gasteiger partial charge in [0.15, 0.2) is 0 Å². The van der Waals surface area contributed by atoms with Crippen LogP contribution in [0.2, 0.25) is 0 Å². The van der Waals surface area contributed by atoms with E-state index in [4.69, 9.17) is 5.11 Å². The lowest BCUT2D eigenvalue weighted by molar-refractivity contribution is -0.156. The second kappa shape index (κ2) is 3.83. The maximum atomic E-state index is 12.0. The van der Waals surface area contributed by atoms with Gasteiger partial charge in [0.1, 0.15) is 0 Å². The summed E-state index contributed by atoms with van der Waals surface area (Å²) in [4.78, 5) is 24.7. The third-order valence-electron chi connectivity index (χ3n) is 3.52. The number of carbonyl (C=O) groups excluding carboxylic acids is 1. The van der Waals surface area contributed by atoms with E-state index in [0.29, 0.717) is 19.0 Å². The highest BCUT2D eigenvalue weighted by Crippen LogP contribution is 2.38. The summed E-state index contributed by atoms with van der Waals surface area (Å²) < 4.78 is 0. The maximum Gasteiger partial charge on any atom is 0.307 e. The van der Waals surface area contributed by atoms with Crippen molar-refractivity contribution in [3.05, 3.63) is 0 Å². The molecule has 0 bridgehead atoms. The molecule has 0 saturated heterocycles. The van der Waals surface area contributed by atoms with Gasteiger partial charge in [-0.05, 0) is 32.6 Å². The first-order valence-electron chi connectivity index (χ1n) is 5.68. The zero-order valence-electron chi connectivity index (χ0n) is 8.98. The molecule has 2 unspecified atom stereocenters. The first-order valence-corrected chi connectivity index (χ1v) is 5.68. The van der Waals surface area contributed by atoms with Gasteiger partial charge in [0, 0.05) is 12.6 Å². The molecule has 2 saturated carbocycles. The van der Waals surface area contributed by atoms with Gasteiger partial charge in [-0.3, -0.25) is 9.59 Å². The van der Waals surface area contributed by atoms with Gasteiger partial charge in [-0.15, -0.1) is 0 Å². The van der Waals surface area contributed by atoms with E-state index in [9.17, 15) is 9.59 Å². The molecule has 2 aliphatic rings. The summed E-state index contributed by atoms with van der Waals surface area (Å²) in [5, 5.41) is 8.89. The molecule has 0 spiro atoms. The summed E-state index contributed by atoms with van der Waals surface area (Å²) in [6.07, 6.45) is 3.58. The highest BCUT2D eigenvalue weighted by atomic mass is 16.4. The summed E-state index contributed by atoms with van der Waals surface area (Å²) in [6.45, 7) is 2.68. The maximum absolute atomic E-state index is 12.0. The summed E-state index contributed by atoms with van der Waals surface area (Å²) in [6, 6.07) is 0.401. The highest BCUT2D eigenvalue weighted by molar-refractivity contribution is 5.86. The van der Waals surface area contributed by atoms with Gasteiger partial charge in [0.2, 0.25) is 5.91 Å². The fraction of sp³-hybridized carbons (Fsp3) is 0.818. The smallest absolute Gasteiger partial charge is 0.307 e. The predicted octanol–water partition coefficient (Wildman–Crippen LogP) is 1.11. The van der Waals surface area contributed by atoms with E-state index in [1.54, 1.807) is 0 Å². The predicted molar refractivity (Wildman–Crippen MR) is 54.3 cm³/mol. The van der Waals surface area contributed by atoms with Gasteiger partial charge in [0.25, 0.3) is 0 Å². The van der Waals surface area contributed by atoms with Crippen molar-refractivity contribution >= 4 is 11.9 Å². The Morgan fingerprint density at radius 3 is 2.13 bits per heavy atom. The monoisotopic (exact) mass is 211 g/mol. The molecule has 4 nitrogen and oxygen atoms in total. The van der Waals surface area contributed by atoms with E-state index in [0.717, 1.165) is 19.3 Å². The number of rotatable bonds is 4. The first kappa shape index (κ1) is 10.5. The van der Waals surface area contributed by atoms with Crippen LogP contribution >= 0.6 is 0 Å². The average Bonchev–Trinajstić information content (AvgIpc) is 2.86. The summed E-state index contributed by atoms with van der Waals surface area (Å²) in [5.74, 6) is -1.42. The molecule has 1 amide bonds. The van der Waals surface area contributed by atoms with Crippen molar-refractivity contribution < 1.29 is 14.7 Å². The van der Waals surface area contributed by atoms with Crippen molar-refractivity contribution in [1.82, 2.24) is 4.90 Å². The number of aliphatic carboxylic acids is 1. The van der Waals surface area contributed by atoms with Crippen LogP contribution in [0.15, 0.2) is 0 Å². The van der Waals surface area contributed by atoms with Crippen LogP contribution in [0.1, 0.15) is 32.6 Å². The van der Waals surface area contributed by atoms with Crippen LogP contribution in [0, 0.1) is 11.8 Å². The van der Waals surface area contributed by atoms with Gasteiger partial charge in [-0.25, -0.2) is 0 Å². The quantitative estimate of drug-likeness (QED) is 0.757. The fourth-order valence-corrected chi connectivity index (χ4v) is 2.28. The number of carboxylic acid groups (broad SMARTS) is 1. The molecule has 2 aliphatic carbocycles. The van der Waals surface area contributed by atoms with E-state index < -0.39 is 11.9 Å². The van der Waals surface area contributed by atoms with E-state index in [2.05, 4.69) is 0 Å². The molecule has 4 heteroatoms. The molecular formula is C11H17NO3. The lowest BCUT2D eigenvalue weighted by atomic mass is 9.73. The Balaban J connectivity index is 1.97. The number of carbonyl (C=O) groups is 2. The van der Waals surface area contributed by atoms with Crippen molar-refractivity contribution in [1.29, 1.82) is 0 Å². The summed E-state index contributed by atoms with van der Waals surface area (Å²) >= 11 is 0. The minimum Gasteiger partial charge on any atom is -0.481 e. The second-order valence-corrected chi connectivity index (χ2v) is 4.48. The first-order chi connectivity index (χ1) is 7.15. The highest BCUT2D eigenvalue weighted by Gasteiger charge is 2.45. The number of nitrogens with zero attached hydrogens (tertiary/aromatic N) is 1. The average molecular weight is 211 g/mol. The van der Waals surface area contributed by atoms with Crippen LogP contribution in [0.25, 0.3) is 0 Å². The van der Waals surface area contributed by atoms with Crippen LogP contribution in [0.4, 0.5) is 0 Å². The summed E-state index contributed by atoms with van der Waals surface area (Å²) in [7, 11) is 0. The Hall–Kier alpha value is -1.06. The van der Waals surface area contributed by atoms with E-state index in [1.807, 2.05) is 11.8 Å². The van der Waals surface area contributed by atoms with E-state index in [-0.39, 0.29) is 11.8 Å². The Morgan fingerprint density at radius 1 is 1.20 bits per heavy atom. The molecule has 0 aromatic heterocycles. The molecular weight excluding hydrogens is 194 g/mol. The SMILES string of the molecule is CCN(C(=O)C1CCC1C(=O)O)C1CC1. The number of hydrogen-bond acceptors (Lipinski definition) is 2. The van der Waals surface area contributed by atoms with Gasteiger partial charge in [-0.1, -0.05) is 0 Å². The molecule has 0 aromatic rings. The van der Waals surface area contributed by atoms with Crippen LogP contribution in [-0.4, -0.2) is 34.5 Å². The molecule has 0 aliphatic heterocycles. The number of carboxylic acids is 1. The second-order valence-electron chi connectivity index (χ2n) is 4.48. The van der Waals surface area contributed by atoms with Gasteiger partial charge in [-0.2, -0.15) is 0 Å². The van der Waals surface area contributed by atoms with Gasteiger partial charge < -0.3 is 10.0 Å². The third kappa shape index (κ3) is 1.85. The lowest BCUT2D eigenvalue weighted by Gasteiger charge is -2.36. The standard InChI is InChI=1S/C11H17NO3/c1-2-12(7-3-4-7)10(13)8-5-6-9(8)11(14)15/h7-9H,2-6H2,1H3,(H,14,15). The van der Waals surface area contributed by atoms with Crippen molar-refractivity contribution in [3.8, 4) is 0 Å². The van der Waals surface area contributed by atoms with Gasteiger partial charge in [0.05, 0.1) is 11.8 Å². The molecule has 2 atom stereocenters. The summed E-state index contributed by atoms with van der Waals surface area (Å²) in [5.41, 5.74) is 0. The van der Waals surface area contributed by atoms with Crippen LogP contribution in [0.3, 0.4) is 0 Å². The molecule has 0 aromatic carbocycles. The topological polar surface area (TPSA) is 57.6 Å². The lowest BCUT2D eigenvalue weighted by Crippen LogP contribution is -2.46. The Bertz CT molecular complexity index is 286. The van der Waals surface area contributed by atoms with Crippen molar-refractivity contribution in [2.75, 3.05) is 6.54 Å². The van der Waals surface area contributed by atoms with E-state index in [1.165, 1.54) is 0 Å². The molecule has 15 heavy (non-hydrogen) atoms. The van der Waals surface area contributed by atoms with Crippen LogP contribution in [0.5, 0.6) is 0 Å². The van der Waals surface area contributed by atoms with Crippen molar-refractivity contribution in [2.45, 2.75) is 38.6 Å². The van der Waals surface area contributed by atoms with Crippen LogP contribution < -0.4 is 0 Å². The molecule has 2 rings (SSSR count). The number of hydrogen-bond donors (Lipinski definition) is 1. The zero-order chi connectivity index (χ0) is 11.0. The normalized spacial score (nSPS) is 29.4. The zero-order valence-corrected chi connectivity index (χ0v) is 8.98. The largest absolute Gasteiger partial charge is 0.481 e. The molecule has 0 heterocycles. The Labute approximate surface area is 89.3 Å². The van der Waals surface area contributed by atoms with Crippen molar-refractivity contribution in [2.24, 2.45) is 11.8 Å². The Morgan fingerprint density at radius 2 is 1.80 bits per heavy atom. The molecule has 84 valence electrons. The van der Waals surface area contributed by atoms with Gasteiger partial charge >= 0.3 is 5.97 Å². The fourth-order valence-electron chi connectivity index (χ4n) is 2.28. The Kier molecular flexibility index (Phi) is 2.67. The minimum atomic E-state index is -0.813. The van der Waals surface area contributed by atoms with E-state index >= 15 is 0 Å². The minimum absolute atomic E-state index is 0.0682. The van der Waals surface area contributed by atoms with Crippen LogP contribution in [-0.2, 0) is 9.59 Å². The van der Waals surface area contributed by atoms with Crippen molar-refractivity contribution in [3.63, 3.8) is 0 Å². The number of amides is 1. The molecule has 0 radical (unpaired) electrons.